The molecule has 2 rings (SSSR count). The van der Waals surface area contributed by atoms with Crippen molar-refractivity contribution in [2.24, 2.45) is 5.73 Å². The number of benzene rings is 1. The molecule has 0 spiro atoms. The standard InChI is InChI=1S/C12H17FN2O/c1-16-11-4-5-15(8-11)10-3-2-9(7-14)12(13)6-10/h2-3,6,11H,4-5,7-8,14H2,1H3. The summed E-state index contributed by atoms with van der Waals surface area (Å²) in [5.41, 5.74) is 6.90. The average Bonchev–Trinajstić information content (AvgIpc) is 2.77. The van der Waals surface area contributed by atoms with Gasteiger partial charge in [-0.25, -0.2) is 4.39 Å². The fraction of sp³-hybridized carbons (Fsp3) is 0.500. The lowest BCUT2D eigenvalue weighted by Crippen LogP contribution is -2.22. The zero-order chi connectivity index (χ0) is 11.5. The third-order valence-corrected chi connectivity index (χ3v) is 3.10. The zero-order valence-electron chi connectivity index (χ0n) is 9.45. The number of hydrogen-bond acceptors (Lipinski definition) is 3. The van der Waals surface area contributed by atoms with Crippen LogP contribution in [0, 0.1) is 5.82 Å². The van der Waals surface area contributed by atoms with E-state index in [1.807, 2.05) is 6.07 Å². The first-order chi connectivity index (χ1) is 7.74. The van der Waals surface area contributed by atoms with E-state index in [9.17, 15) is 4.39 Å². The molecule has 0 bridgehead atoms. The second-order valence-corrected chi connectivity index (χ2v) is 4.07. The quantitative estimate of drug-likeness (QED) is 0.845. The Bertz CT molecular complexity index is 370. The Morgan fingerprint density at radius 2 is 2.38 bits per heavy atom. The summed E-state index contributed by atoms with van der Waals surface area (Å²) in [6, 6.07) is 5.23. The Balaban J connectivity index is 2.13. The lowest BCUT2D eigenvalue weighted by molar-refractivity contribution is 0.121. The number of halogens is 1. The summed E-state index contributed by atoms with van der Waals surface area (Å²) < 4.78 is 18.8. The number of nitrogens with two attached hydrogens (primary N) is 1. The van der Waals surface area contributed by atoms with Crippen molar-refractivity contribution in [2.45, 2.75) is 19.1 Å². The minimum atomic E-state index is -0.221. The lowest BCUT2D eigenvalue weighted by Gasteiger charge is -2.18. The summed E-state index contributed by atoms with van der Waals surface area (Å²) in [6.07, 6.45) is 1.26. The molecule has 1 fully saturated rings. The zero-order valence-corrected chi connectivity index (χ0v) is 9.45. The van der Waals surface area contributed by atoms with E-state index >= 15 is 0 Å². The van der Waals surface area contributed by atoms with Crippen LogP contribution in [0.4, 0.5) is 10.1 Å². The van der Waals surface area contributed by atoms with Crippen LogP contribution in [0.3, 0.4) is 0 Å². The van der Waals surface area contributed by atoms with Gasteiger partial charge in [0.1, 0.15) is 5.82 Å². The molecule has 0 saturated carbocycles. The molecule has 1 saturated heterocycles. The number of anilines is 1. The molecule has 1 unspecified atom stereocenters. The summed E-state index contributed by atoms with van der Waals surface area (Å²) in [7, 11) is 1.71. The third kappa shape index (κ3) is 2.18. The van der Waals surface area contributed by atoms with Gasteiger partial charge in [0, 0.05) is 38.0 Å². The molecule has 1 atom stereocenters. The largest absolute Gasteiger partial charge is 0.380 e. The Labute approximate surface area is 95.0 Å². The molecule has 1 aromatic carbocycles. The lowest BCUT2D eigenvalue weighted by atomic mass is 10.2. The van der Waals surface area contributed by atoms with E-state index in [0.717, 1.165) is 25.2 Å². The monoisotopic (exact) mass is 224 g/mol. The second-order valence-electron chi connectivity index (χ2n) is 4.07. The maximum Gasteiger partial charge on any atom is 0.129 e. The summed E-state index contributed by atoms with van der Waals surface area (Å²) in [6.45, 7) is 1.99. The minimum Gasteiger partial charge on any atom is -0.380 e. The van der Waals surface area contributed by atoms with Crippen molar-refractivity contribution in [3.8, 4) is 0 Å². The highest BCUT2D eigenvalue weighted by Gasteiger charge is 2.22. The summed E-state index contributed by atoms with van der Waals surface area (Å²) in [5.74, 6) is -0.221. The topological polar surface area (TPSA) is 38.5 Å². The van der Waals surface area contributed by atoms with Crippen LogP contribution >= 0.6 is 0 Å². The molecule has 16 heavy (non-hydrogen) atoms. The molecule has 1 aromatic rings. The Kier molecular flexibility index (Phi) is 3.41. The molecule has 0 radical (unpaired) electrons. The maximum atomic E-state index is 13.5. The predicted molar refractivity (Wildman–Crippen MR) is 61.9 cm³/mol. The van der Waals surface area contributed by atoms with Gasteiger partial charge in [0.25, 0.3) is 0 Å². The first-order valence-electron chi connectivity index (χ1n) is 5.51. The first kappa shape index (κ1) is 11.4. The molecule has 0 aromatic heterocycles. The first-order valence-corrected chi connectivity index (χ1v) is 5.51. The van der Waals surface area contributed by atoms with Crippen LogP contribution < -0.4 is 10.6 Å². The SMILES string of the molecule is COC1CCN(c2ccc(CN)c(F)c2)C1. The van der Waals surface area contributed by atoms with Gasteiger partial charge in [-0.3, -0.25) is 0 Å². The van der Waals surface area contributed by atoms with Crippen LogP contribution in [0.15, 0.2) is 18.2 Å². The van der Waals surface area contributed by atoms with E-state index in [1.54, 1.807) is 19.2 Å². The van der Waals surface area contributed by atoms with E-state index < -0.39 is 0 Å². The van der Waals surface area contributed by atoms with Crippen molar-refractivity contribution in [1.29, 1.82) is 0 Å². The van der Waals surface area contributed by atoms with E-state index in [2.05, 4.69) is 4.90 Å². The van der Waals surface area contributed by atoms with Gasteiger partial charge >= 0.3 is 0 Å². The van der Waals surface area contributed by atoms with E-state index in [1.165, 1.54) is 0 Å². The van der Waals surface area contributed by atoms with Crippen molar-refractivity contribution in [1.82, 2.24) is 0 Å². The molecule has 1 aliphatic heterocycles. The molecule has 1 heterocycles. The molecule has 88 valence electrons. The van der Waals surface area contributed by atoms with Gasteiger partial charge in [-0.2, -0.15) is 0 Å². The number of ether oxygens (including phenoxy) is 1. The van der Waals surface area contributed by atoms with Gasteiger partial charge in [0.15, 0.2) is 0 Å². The highest BCUT2D eigenvalue weighted by Crippen LogP contribution is 2.23. The molecule has 3 nitrogen and oxygen atoms in total. The van der Waals surface area contributed by atoms with Gasteiger partial charge in [-0.1, -0.05) is 6.07 Å². The average molecular weight is 224 g/mol. The molecular formula is C12H17FN2O. The molecule has 4 heteroatoms. The van der Waals surface area contributed by atoms with Crippen molar-refractivity contribution in [3.63, 3.8) is 0 Å². The molecular weight excluding hydrogens is 207 g/mol. The smallest absolute Gasteiger partial charge is 0.129 e. The Morgan fingerprint density at radius 1 is 1.56 bits per heavy atom. The predicted octanol–water partition coefficient (Wildman–Crippen LogP) is 1.51. The van der Waals surface area contributed by atoms with Gasteiger partial charge in [-0.05, 0) is 18.6 Å². The Hall–Kier alpha value is -1.13. The minimum absolute atomic E-state index is 0.221. The number of rotatable bonds is 3. The van der Waals surface area contributed by atoms with E-state index in [-0.39, 0.29) is 18.5 Å². The molecule has 2 N–H and O–H groups in total. The highest BCUT2D eigenvalue weighted by atomic mass is 19.1. The van der Waals surface area contributed by atoms with Crippen molar-refractivity contribution in [2.75, 3.05) is 25.1 Å². The van der Waals surface area contributed by atoms with Crippen LogP contribution in [0.1, 0.15) is 12.0 Å². The van der Waals surface area contributed by atoms with Gasteiger partial charge in [0.2, 0.25) is 0 Å². The summed E-state index contributed by atoms with van der Waals surface area (Å²) in [5, 5.41) is 0. The van der Waals surface area contributed by atoms with Crippen LogP contribution in [0.25, 0.3) is 0 Å². The van der Waals surface area contributed by atoms with E-state index in [4.69, 9.17) is 10.5 Å². The van der Waals surface area contributed by atoms with Gasteiger partial charge < -0.3 is 15.4 Å². The molecule has 0 aliphatic carbocycles. The van der Waals surface area contributed by atoms with Crippen LogP contribution in [0.5, 0.6) is 0 Å². The van der Waals surface area contributed by atoms with Crippen LogP contribution in [-0.2, 0) is 11.3 Å². The fourth-order valence-electron chi connectivity index (χ4n) is 2.05. The van der Waals surface area contributed by atoms with Gasteiger partial charge in [0.05, 0.1) is 6.10 Å². The van der Waals surface area contributed by atoms with Crippen molar-refractivity contribution >= 4 is 5.69 Å². The summed E-state index contributed by atoms with van der Waals surface area (Å²) in [4.78, 5) is 2.14. The Morgan fingerprint density at radius 3 is 2.94 bits per heavy atom. The summed E-state index contributed by atoms with van der Waals surface area (Å²) >= 11 is 0. The van der Waals surface area contributed by atoms with Crippen LogP contribution in [-0.4, -0.2) is 26.3 Å². The number of nitrogens with zero attached hydrogens (tertiary/aromatic N) is 1. The van der Waals surface area contributed by atoms with Gasteiger partial charge in [-0.15, -0.1) is 0 Å². The van der Waals surface area contributed by atoms with Crippen LogP contribution in [0.2, 0.25) is 0 Å². The maximum absolute atomic E-state index is 13.5. The van der Waals surface area contributed by atoms with Crippen molar-refractivity contribution in [3.05, 3.63) is 29.6 Å². The normalized spacial score (nSPS) is 20.4. The number of hydrogen-bond donors (Lipinski definition) is 1. The van der Waals surface area contributed by atoms with Crippen molar-refractivity contribution < 1.29 is 9.13 Å². The van der Waals surface area contributed by atoms with E-state index in [0.29, 0.717) is 5.56 Å². The number of methoxy groups -OCH3 is 1. The fourth-order valence-corrected chi connectivity index (χ4v) is 2.05. The third-order valence-electron chi connectivity index (χ3n) is 3.10. The molecule has 1 aliphatic rings. The second kappa shape index (κ2) is 4.80. The highest BCUT2D eigenvalue weighted by molar-refractivity contribution is 5.49. The molecule has 0 amide bonds.